The predicted molar refractivity (Wildman–Crippen MR) is 91.8 cm³/mol. The summed E-state index contributed by atoms with van der Waals surface area (Å²) in [4.78, 5) is 12.0. The molecule has 1 aromatic heterocycles. The molecule has 0 spiro atoms. The smallest absolute Gasteiger partial charge is 0.379 e. The molecule has 0 atom stereocenters. The lowest BCUT2D eigenvalue weighted by molar-refractivity contribution is 0.0702. The number of carbonyl (C=O) groups excluding carboxylic acids is 1. The number of aryl methyl sites for hydroxylation is 2. The molecule has 0 radical (unpaired) electrons. The molecule has 0 bridgehead atoms. The van der Waals surface area contributed by atoms with Crippen LogP contribution in [0.2, 0.25) is 0 Å². The van der Waals surface area contributed by atoms with E-state index in [2.05, 4.69) is 10.2 Å². The summed E-state index contributed by atoms with van der Waals surface area (Å²) in [5, 5.41) is 17.7. The van der Waals surface area contributed by atoms with Gasteiger partial charge in [-0.15, -0.1) is 10.2 Å². The molecular formula is C19H15FN2O4. The Bertz CT molecular complexity index is 954. The number of halogens is 1. The van der Waals surface area contributed by atoms with E-state index in [0.717, 1.165) is 0 Å². The molecule has 3 rings (SSSR count). The van der Waals surface area contributed by atoms with Crippen LogP contribution in [0.3, 0.4) is 0 Å². The lowest BCUT2D eigenvalue weighted by Crippen LogP contribution is -2.06. The van der Waals surface area contributed by atoms with Crippen molar-refractivity contribution in [2.45, 2.75) is 13.8 Å². The van der Waals surface area contributed by atoms with Gasteiger partial charge in [-0.3, -0.25) is 0 Å². The van der Waals surface area contributed by atoms with Crippen molar-refractivity contribution >= 4 is 17.5 Å². The maximum Gasteiger partial charge on any atom is 0.379 e. The van der Waals surface area contributed by atoms with E-state index < -0.39 is 11.8 Å². The van der Waals surface area contributed by atoms with Gasteiger partial charge in [-0.2, -0.15) is 0 Å². The summed E-state index contributed by atoms with van der Waals surface area (Å²) in [7, 11) is 0. The Labute approximate surface area is 148 Å². The lowest BCUT2D eigenvalue weighted by atomic mass is 10.1. The maximum absolute atomic E-state index is 12.9. The van der Waals surface area contributed by atoms with E-state index in [-0.39, 0.29) is 23.1 Å². The second-order valence-electron chi connectivity index (χ2n) is 5.61. The van der Waals surface area contributed by atoms with Crippen LogP contribution in [0.25, 0.3) is 0 Å². The first-order valence-electron chi connectivity index (χ1n) is 7.72. The SMILES string of the molecule is Cc1cc(/N=N/c2ccc(C(=O)Oc3ccc(F)cc3)o2)cc(C)c1O. The van der Waals surface area contributed by atoms with Gasteiger partial charge in [0.2, 0.25) is 11.6 Å². The minimum Gasteiger partial charge on any atom is -0.507 e. The summed E-state index contributed by atoms with van der Waals surface area (Å²) < 4.78 is 23.2. The molecule has 0 saturated heterocycles. The number of hydrogen-bond acceptors (Lipinski definition) is 6. The van der Waals surface area contributed by atoms with Gasteiger partial charge >= 0.3 is 5.97 Å². The number of azo groups is 1. The first-order valence-corrected chi connectivity index (χ1v) is 7.72. The van der Waals surface area contributed by atoms with Crippen molar-refractivity contribution in [1.29, 1.82) is 0 Å². The minimum atomic E-state index is -0.727. The highest BCUT2D eigenvalue weighted by molar-refractivity contribution is 5.88. The van der Waals surface area contributed by atoms with Gasteiger partial charge in [0.15, 0.2) is 0 Å². The molecular weight excluding hydrogens is 339 g/mol. The van der Waals surface area contributed by atoms with Gasteiger partial charge in [-0.05, 0) is 67.4 Å². The summed E-state index contributed by atoms with van der Waals surface area (Å²) in [5.74, 6) is -0.667. The number of rotatable bonds is 4. The van der Waals surface area contributed by atoms with Crippen LogP contribution in [-0.4, -0.2) is 11.1 Å². The number of phenols is 1. The molecule has 132 valence electrons. The predicted octanol–water partition coefficient (Wildman–Crippen LogP) is 5.38. The summed E-state index contributed by atoms with van der Waals surface area (Å²) in [6.45, 7) is 3.52. The van der Waals surface area contributed by atoms with Gasteiger partial charge in [0, 0.05) is 6.07 Å². The van der Waals surface area contributed by atoms with Crippen molar-refractivity contribution in [2.75, 3.05) is 0 Å². The van der Waals surface area contributed by atoms with Gasteiger partial charge < -0.3 is 14.3 Å². The van der Waals surface area contributed by atoms with E-state index in [9.17, 15) is 14.3 Å². The first kappa shape index (κ1) is 17.3. The monoisotopic (exact) mass is 354 g/mol. The summed E-state index contributed by atoms with van der Waals surface area (Å²) in [6, 6.07) is 11.3. The number of benzene rings is 2. The molecule has 0 aliphatic carbocycles. The van der Waals surface area contributed by atoms with Crippen LogP contribution in [0.4, 0.5) is 16.0 Å². The topological polar surface area (TPSA) is 84.4 Å². The lowest BCUT2D eigenvalue weighted by Gasteiger charge is -2.03. The number of nitrogens with zero attached hydrogens (tertiary/aromatic N) is 2. The highest BCUT2D eigenvalue weighted by atomic mass is 19.1. The highest BCUT2D eigenvalue weighted by Crippen LogP contribution is 2.29. The van der Waals surface area contributed by atoms with E-state index in [0.29, 0.717) is 16.8 Å². The van der Waals surface area contributed by atoms with Crippen LogP contribution >= 0.6 is 0 Å². The number of furan rings is 1. The van der Waals surface area contributed by atoms with Crippen molar-refractivity contribution in [3.63, 3.8) is 0 Å². The Hall–Kier alpha value is -3.48. The van der Waals surface area contributed by atoms with Crippen LogP contribution in [0, 0.1) is 19.7 Å². The first-order chi connectivity index (χ1) is 12.4. The molecule has 0 amide bonds. The zero-order valence-corrected chi connectivity index (χ0v) is 14.1. The molecule has 0 aliphatic rings. The fourth-order valence-corrected chi connectivity index (χ4v) is 2.25. The molecule has 3 aromatic rings. The standard InChI is InChI=1S/C19H15FN2O4/c1-11-9-14(10-12(2)18(11)23)21-22-17-8-7-16(26-17)19(24)25-15-5-3-13(20)4-6-15/h3-10,23H,1-2H3/b22-21+. The van der Waals surface area contributed by atoms with E-state index in [1.54, 1.807) is 26.0 Å². The molecule has 7 heteroatoms. The Morgan fingerprint density at radius 1 is 1.04 bits per heavy atom. The van der Waals surface area contributed by atoms with Gasteiger partial charge in [0.25, 0.3) is 0 Å². The molecule has 6 nitrogen and oxygen atoms in total. The number of phenolic OH excluding ortho intramolecular Hbond substituents is 1. The van der Waals surface area contributed by atoms with Gasteiger partial charge in [0.05, 0.1) is 5.69 Å². The van der Waals surface area contributed by atoms with Gasteiger partial charge in [-0.25, -0.2) is 9.18 Å². The summed E-state index contributed by atoms with van der Waals surface area (Å²) >= 11 is 0. The van der Waals surface area contributed by atoms with Crippen molar-refractivity contribution in [1.82, 2.24) is 0 Å². The third kappa shape index (κ3) is 3.94. The number of hydrogen-bond donors (Lipinski definition) is 1. The molecule has 0 saturated carbocycles. The van der Waals surface area contributed by atoms with E-state index >= 15 is 0 Å². The molecule has 0 unspecified atom stereocenters. The van der Waals surface area contributed by atoms with Crippen LogP contribution in [0.15, 0.2) is 63.2 Å². The molecule has 2 aromatic carbocycles. The zero-order chi connectivity index (χ0) is 18.7. The molecule has 0 aliphatic heterocycles. The normalized spacial score (nSPS) is 11.0. The van der Waals surface area contributed by atoms with Gasteiger partial charge in [-0.1, -0.05) is 0 Å². The quantitative estimate of drug-likeness (QED) is 0.387. The summed E-state index contributed by atoms with van der Waals surface area (Å²) in [6.07, 6.45) is 0. The number of carbonyl (C=O) groups is 1. The van der Waals surface area contributed by atoms with E-state index in [4.69, 9.17) is 9.15 Å². The third-order valence-corrected chi connectivity index (χ3v) is 3.56. The second-order valence-corrected chi connectivity index (χ2v) is 5.61. The van der Waals surface area contributed by atoms with Crippen LogP contribution < -0.4 is 4.74 Å². The fraction of sp³-hybridized carbons (Fsp3) is 0.105. The second kappa shape index (κ2) is 7.18. The number of esters is 1. The molecule has 1 heterocycles. The molecule has 0 fully saturated rings. The average Bonchev–Trinajstić information content (AvgIpc) is 3.09. The van der Waals surface area contributed by atoms with Gasteiger partial charge in [0.1, 0.15) is 17.3 Å². The number of ether oxygens (including phenoxy) is 1. The third-order valence-electron chi connectivity index (χ3n) is 3.56. The maximum atomic E-state index is 12.9. The van der Waals surface area contributed by atoms with Crippen molar-refractivity contribution in [3.8, 4) is 11.5 Å². The molecule has 26 heavy (non-hydrogen) atoms. The van der Waals surface area contributed by atoms with E-state index in [1.807, 2.05) is 0 Å². The average molecular weight is 354 g/mol. The Morgan fingerprint density at radius 2 is 1.69 bits per heavy atom. The Kier molecular flexibility index (Phi) is 4.79. The number of aromatic hydroxyl groups is 1. The zero-order valence-electron chi connectivity index (χ0n) is 14.1. The van der Waals surface area contributed by atoms with Crippen LogP contribution in [0.5, 0.6) is 11.5 Å². The van der Waals surface area contributed by atoms with Crippen LogP contribution in [0.1, 0.15) is 21.7 Å². The largest absolute Gasteiger partial charge is 0.507 e. The summed E-state index contributed by atoms with van der Waals surface area (Å²) in [5.41, 5.74) is 1.91. The Balaban J connectivity index is 1.71. The van der Waals surface area contributed by atoms with Crippen molar-refractivity contribution in [2.24, 2.45) is 10.2 Å². The van der Waals surface area contributed by atoms with Crippen LogP contribution in [-0.2, 0) is 0 Å². The fourth-order valence-electron chi connectivity index (χ4n) is 2.25. The van der Waals surface area contributed by atoms with E-state index in [1.165, 1.54) is 36.4 Å². The Morgan fingerprint density at radius 3 is 2.35 bits per heavy atom. The van der Waals surface area contributed by atoms with Crippen molar-refractivity contribution in [3.05, 3.63) is 71.2 Å². The molecule has 1 N–H and O–H groups in total. The van der Waals surface area contributed by atoms with Crippen molar-refractivity contribution < 1.29 is 23.4 Å². The highest BCUT2D eigenvalue weighted by Gasteiger charge is 2.14. The minimum absolute atomic E-state index is 0.0543.